The van der Waals surface area contributed by atoms with Gasteiger partial charge in [-0.1, -0.05) is 6.92 Å². The molecule has 1 fully saturated rings. The molecule has 1 aliphatic rings. The van der Waals surface area contributed by atoms with Crippen LogP contribution in [-0.4, -0.2) is 45.3 Å². The number of nitrogens with zero attached hydrogens (tertiary/aromatic N) is 2. The predicted octanol–water partition coefficient (Wildman–Crippen LogP) is 1.59. The summed E-state index contributed by atoms with van der Waals surface area (Å²) in [4.78, 5) is 15.7. The van der Waals surface area contributed by atoms with Crippen molar-refractivity contribution in [2.24, 2.45) is 5.92 Å². The van der Waals surface area contributed by atoms with E-state index in [4.69, 9.17) is 0 Å². The summed E-state index contributed by atoms with van der Waals surface area (Å²) in [7, 11) is 0. The molecule has 100 valence electrons. The molecule has 0 aromatic carbocycles. The topological polar surface area (TPSA) is 69.2 Å². The number of aromatic nitrogens is 2. The van der Waals surface area contributed by atoms with Gasteiger partial charge < -0.3 is 10.0 Å². The van der Waals surface area contributed by atoms with Gasteiger partial charge >= 0.3 is 0 Å². The second-order valence-corrected chi connectivity index (χ2v) is 5.97. The number of nitrogens with one attached hydrogen (secondary N) is 1. The number of aliphatic hydroxyl groups is 1. The normalized spacial score (nSPS) is 22.9. The summed E-state index contributed by atoms with van der Waals surface area (Å²) in [6.45, 7) is 3.01. The molecule has 1 saturated heterocycles. The van der Waals surface area contributed by atoms with Crippen molar-refractivity contribution in [2.45, 2.75) is 13.0 Å². The summed E-state index contributed by atoms with van der Waals surface area (Å²) >= 11 is 1.44. The Kier molecular flexibility index (Phi) is 3.12. The van der Waals surface area contributed by atoms with E-state index < -0.39 is 6.10 Å². The standard InChI is InChI=1S/C13H15N3O2S/c1-8-6-16(7-10(8)17)13(18)12-3-2-11(19-12)9-4-5-14-15-9/h2-5,8,10,17H,6-7H2,1H3,(H,14,15)/t8-,10-/m1/s1. The number of hydrogen-bond donors (Lipinski definition) is 2. The molecule has 3 heterocycles. The fraction of sp³-hybridized carbons (Fsp3) is 0.385. The SMILES string of the molecule is C[C@@H]1CN(C(=O)c2ccc(-c3ccn[nH]3)s2)C[C@H]1O. The molecule has 2 aromatic heterocycles. The predicted molar refractivity (Wildman–Crippen MR) is 73.0 cm³/mol. The van der Waals surface area contributed by atoms with E-state index in [1.54, 1.807) is 11.1 Å². The van der Waals surface area contributed by atoms with Crippen molar-refractivity contribution in [3.63, 3.8) is 0 Å². The van der Waals surface area contributed by atoms with E-state index >= 15 is 0 Å². The average molecular weight is 277 g/mol. The lowest BCUT2D eigenvalue weighted by molar-refractivity contribution is 0.0769. The van der Waals surface area contributed by atoms with Crippen molar-refractivity contribution in [3.8, 4) is 10.6 Å². The molecule has 6 heteroatoms. The van der Waals surface area contributed by atoms with E-state index in [0.29, 0.717) is 18.0 Å². The lowest BCUT2D eigenvalue weighted by Crippen LogP contribution is -2.28. The number of likely N-dealkylation sites (tertiary alicyclic amines) is 1. The molecule has 0 bridgehead atoms. The van der Waals surface area contributed by atoms with Crippen molar-refractivity contribution in [3.05, 3.63) is 29.3 Å². The second kappa shape index (κ2) is 4.79. The maximum Gasteiger partial charge on any atom is 0.264 e. The highest BCUT2D eigenvalue weighted by atomic mass is 32.1. The number of thiophene rings is 1. The number of amides is 1. The molecule has 0 unspecified atom stereocenters. The zero-order chi connectivity index (χ0) is 13.4. The maximum atomic E-state index is 12.3. The van der Waals surface area contributed by atoms with E-state index in [1.165, 1.54) is 11.3 Å². The Morgan fingerprint density at radius 1 is 1.47 bits per heavy atom. The Morgan fingerprint density at radius 3 is 2.95 bits per heavy atom. The lowest BCUT2D eigenvalue weighted by Gasteiger charge is -2.14. The average Bonchev–Trinajstić information content (AvgIpc) is 3.09. The van der Waals surface area contributed by atoms with Crippen molar-refractivity contribution in [1.29, 1.82) is 0 Å². The molecule has 19 heavy (non-hydrogen) atoms. The van der Waals surface area contributed by atoms with Crippen LogP contribution in [0, 0.1) is 5.92 Å². The number of hydrogen-bond acceptors (Lipinski definition) is 4. The van der Waals surface area contributed by atoms with Crippen molar-refractivity contribution in [1.82, 2.24) is 15.1 Å². The van der Waals surface area contributed by atoms with Gasteiger partial charge in [0.05, 0.1) is 21.6 Å². The van der Waals surface area contributed by atoms with Crippen LogP contribution < -0.4 is 0 Å². The zero-order valence-electron chi connectivity index (χ0n) is 10.5. The first kappa shape index (κ1) is 12.4. The monoisotopic (exact) mass is 277 g/mol. The van der Waals surface area contributed by atoms with E-state index in [1.807, 2.05) is 25.1 Å². The summed E-state index contributed by atoms with van der Waals surface area (Å²) in [5.74, 6) is 0.148. The molecule has 2 N–H and O–H groups in total. The fourth-order valence-electron chi connectivity index (χ4n) is 2.26. The number of H-pyrrole nitrogens is 1. The zero-order valence-corrected chi connectivity index (χ0v) is 11.4. The highest BCUT2D eigenvalue weighted by Gasteiger charge is 2.31. The molecular weight excluding hydrogens is 262 g/mol. The molecule has 0 spiro atoms. The minimum atomic E-state index is -0.406. The second-order valence-electron chi connectivity index (χ2n) is 4.89. The van der Waals surface area contributed by atoms with Crippen LogP contribution in [0.5, 0.6) is 0 Å². The summed E-state index contributed by atoms with van der Waals surface area (Å²) in [5, 5.41) is 16.5. The third-order valence-corrected chi connectivity index (χ3v) is 4.55. The van der Waals surface area contributed by atoms with Crippen LogP contribution in [0.3, 0.4) is 0 Å². The highest BCUT2D eigenvalue weighted by molar-refractivity contribution is 7.17. The summed E-state index contributed by atoms with van der Waals surface area (Å²) in [5.41, 5.74) is 0.916. The van der Waals surface area contributed by atoms with Gasteiger partial charge in [0.1, 0.15) is 0 Å². The third-order valence-electron chi connectivity index (χ3n) is 3.44. The number of aliphatic hydroxyl groups excluding tert-OH is 1. The summed E-state index contributed by atoms with van der Waals surface area (Å²) in [6, 6.07) is 5.63. The minimum Gasteiger partial charge on any atom is -0.391 e. The van der Waals surface area contributed by atoms with Crippen molar-refractivity contribution >= 4 is 17.2 Å². The lowest BCUT2D eigenvalue weighted by atomic mass is 10.1. The third kappa shape index (κ3) is 2.29. The smallest absolute Gasteiger partial charge is 0.264 e. The summed E-state index contributed by atoms with van der Waals surface area (Å²) < 4.78 is 0. The number of aromatic amines is 1. The maximum absolute atomic E-state index is 12.3. The van der Waals surface area contributed by atoms with Gasteiger partial charge in [-0.05, 0) is 18.2 Å². The fourth-order valence-corrected chi connectivity index (χ4v) is 3.21. The molecule has 5 nitrogen and oxygen atoms in total. The van der Waals surface area contributed by atoms with Crippen LogP contribution in [0.4, 0.5) is 0 Å². The quantitative estimate of drug-likeness (QED) is 0.876. The molecule has 1 amide bonds. The largest absolute Gasteiger partial charge is 0.391 e. The Bertz CT molecular complexity index is 568. The summed E-state index contributed by atoms with van der Waals surface area (Å²) in [6.07, 6.45) is 1.28. The van der Waals surface area contributed by atoms with E-state index in [0.717, 1.165) is 10.6 Å². The van der Waals surface area contributed by atoms with Crippen LogP contribution in [0.25, 0.3) is 10.6 Å². The minimum absolute atomic E-state index is 0.000773. The number of carbonyl (C=O) groups excluding carboxylic acids is 1. The molecule has 0 radical (unpaired) electrons. The molecule has 1 aliphatic heterocycles. The van der Waals surface area contributed by atoms with Gasteiger partial charge in [0, 0.05) is 25.2 Å². The van der Waals surface area contributed by atoms with Gasteiger partial charge in [-0.3, -0.25) is 9.89 Å². The molecular formula is C13H15N3O2S. The van der Waals surface area contributed by atoms with Gasteiger partial charge in [0.25, 0.3) is 5.91 Å². The Balaban J connectivity index is 1.78. The Hall–Kier alpha value is -1.66. The molecule has 2 atom stereocenters. The Morgan fingerprint density at radius 2 is 2.32 bits per heavy atom. The van der Waals surface area contributed by atoms with Crippen LogP contribution in [-0.2, 0) is 0 Å². The highest BCUT2D eigenvalue weighted by Crippen LogP contribution is 2.28. The molecule has 0 aliphatic carbocycles. The molecule has 0 saturated carbocycles. The first-order valence-corrected chi connectivity index (χ1v) is 7.03. The van der Waals surface area contributed by atoms with E-state index in [9.17, 15) is 9.90 Å². The van der Waals surface area contributed by atoms with Crippen molar-refractivity contribution < 1.29 is 9.90 Å². The Labute approximate surface area is 114 Å². The first-order valence-electron chi connectivity index (χ1n) is 6.22. The van der Waals surface area contributed by atoms with Crippen LogP contribution in [0.15, 0.2) is 24.4 Å². The number of β-amino-alcohol motifs (C(OH)–C–C–N with tert-alkyl or cyclic N) is 1. The van der Waals surface area contributed by atoms with Crippen LogP contribution >= 0.6 is 11.3 Å². The van der Waals surface area contributed by atoms with Crippen LogP contribution in [0.2, 0.25) is 0 Å². The van der Waals surface area contributed by atoms with Gasteiger partial charge in [0.15, 0.2) is 0 Å². The first-order chi connectivity index (χ1) is 9.15. The molecule has 2 aromatic rings. The van der Waals surface area contributed by atoms with Crippen molar-refractivity contribution in [2.75, 3.05) is 13.1 Å². The van der Waals surface area contributed by atoms with Gasteiger partial charge in [-0.2, -0.15) is 5.10 Å². The van der Waals surface area contributed by atoms with E-state index in [-0.39, 0.29) is 11.8 Å². The van der Waals surface area contributed by atoms with Gasteiger partial charge in [-0.25, -0.2) is 0 Å². The van der Waals surface area contributed by atoms with Gasteiger partial charge in [0.2, 0.25) is 0 Å². The van der Waals surface area contributed by atoms with E-state index in [2.05, 4.69) is 10.2 Å². The number of rotatable bonds is 2. The molecule has 3 rings (SSSR count). The van der Waals surface area contributed by atoms with Gasteiger partial charge in [-0.15, -0.1) is 11.3 Å². The number of carbonyl (C=O) groups is 1. The van der Waals surface area contributed by atoms with Crippen LogP contribution in [0.1, 0.15) is 16.6 Å².